The van der Waals surface area contributed by atoms with Crippen molar-refractivity contribution in [1.29, 1.82) is 0 Å². The Labute approximate surface area is 122 Å². The molecule has 1 aliphatic heterocycles. The molecule has 1 aromatic heterocycles. The second kappa shape index (κ2) is 6.04. The summed E-state index contributed by atoms with van der Waals surface area (Å²) in [5.41, 5.74) is 0. The summed E-state index contributed by atoms with van der Waals surface area (Å²) in [7, 11) is 0. The maximum Gasteiger partial charge on any atom is 0.0331 e. The van der Waals surface area contributed by atoms with E-state index in [0.29, 0.717) is 0 Å². The highest BCUT2D eigenvalue weighted by Gasteiger charge is 2.26. The van der Waals surface area contributed by atoms with Crippen LogP contribution in [-0.2, 0) is 6.54 Å². The molecule has 4 heteroatoms. The second-order valence-electron chi connectivity index (χ2n) is 5.53. The van der Waals surface area contributed by atoms with Crippen LogP contribution in [0.25, 0.3) is 0 Å². The minimum absolute atomic E-state index is 0.750. The van der Waals surface area contributed by atoms with Crippen LogP contribution in [0.15, 0.2) is 15.9 Å². The van der Waals surface area contributed by atoms with Crippen molar-refractivity contribution in [1.82, 2.24) is 10.2 Å². The summed E-state index contributed by atoms with van der Waals surface area (Å²) < 4.78 is 1.23. The topological polar surface area (TPSA) is 15.3 Å². The van der Waals surface area contributed by atoms with Gasteiger partial charge in [0.1, 0.15) is 0 Å². The molecule has 2 aliphatic rings. The zero-order chi connectivity index (χ0) is 12.4. The van der Waals surface area contributed by atoms with Crippen LogP contribution in [0.4, 0.5) is 0 Å². The quantitative estimate of drug-likeness (QED) is 0.888. The highest BCUT2D eigenvalue weighted by atomic mass is 79.9. The van der Waals surface area contributed by atoms with Crippen molar-refractivity contribution in [3.63, 3.8) is 0 Å². The average Bonchev–Trinajstić information content (AvgIpc) is 3.12. The van der Waals surface area contributed by atoms with Crippen LogP contribution in [0.2, 0.25) is 0 Å². The first-order valence-electron chi connectivity index (χ1n) is 7.01. The van der Waals surface area contributed by atoms with Crippen molar-refractivity contribution in [3.8, 4) is 0 Å². The van der Waals surface area contributed by atoms with Crippen LogP contribution in [0, 0.1) is 0 Å². The first-order chi connectivity index (χ1) is 8.81. The normalized spacial score (nSPS) is 25.5. The Morgan fingerprint density at radius 3 is 2.94 bits per heavy atom. The van der Waals surface area contributed by atoms with Gasteiger partial charge in [0.15, 0.2) is 0 Å². The van der Waals surface area contributed by atoms with Gasteiger partial charge in [0.25, 0.3) is 0 Å². The van der Waals surface area contributed by atoms with Crippen LogP contribution in [0.5, 0.6) is 0 Å². The summed E-state index contributed by atoms with van der Waals surface area (Å²) in [6.07, 6.45) is 6.93. The van der Waals surface area contributed by atoms with Crippen molar-refractivity contribution in [2.45, 2.75) is 50.7 Å². The second-order valence-corrected chi connectivity index (χ2v) is 7.45. The molecule has 1 saturated heterocycles. The smallest absolute Gasteiger partial charge is 0.0331 e. The molecule has 3 rings (SSSR count). The number of thiophene rings is 1. The van der Waals surface area contributed by atoms with E-state index in [-0.39, 0.29) is 0 Å². The lowest BCUT2D eigenvalue weighted by Crippen LogP contribution is -2.45. The molecule has 0 amide bonds. The maximum atomic E-state index is 3.70. The Kier molecular flexibility index (Phi) is 4.39. The molecule has 2 nitrogen and oxygen atoms in total. The van der Waals surface area contributed by atoms with Crippen LogP contribution in [0.1, 0.15) is 37.0 Å². The Balaban J connectivity index is 1.56. The predicted octanol–water partition coefficient (Wildman–Crippen LogP) is 3.62. The van der Waals surface area contributed by atoms with Crippen LogP contribution in [-0.4, -0.2) is 30.1 Å². The molecule has 1 N–H and O–H groups in total. The fourth-order valence-corrected chi connectivity index (χ4v) is 4.20. The monoisotopic (exact) mass is 328 g/mol. The zero-order valence-electron chi connectivity index (χ0n) is 10.7. The molecule has 1 unspecified atom stereocenters. The Morgan fingerprint density at radius 2 is 2.22 bits per heavy atom. The first kappa shape index (κ1) is 13.1. The summed E-state index contributed by atoms with van der Waals surface area (Å²) in [5.74, 6) is 0. The highest BCUT2D eigenvalue weighted by Crippen LogP contribution is 2.25. The third-order valence-corrected chi connectivity index (χ3v) is 5.63. The number of nitrogens with zero attached hydrogens (tertiary/aromatic N) is 1. The number of halogens is 1. The van der Waals surface area contributed by atoms with E-state index in [9.17, 15) is 0 Å². The molecule has 1 atom stereocenters. The van der Waals surface area contributed by atoms with E-state index in [1.54, 1.807) is 0 Å². The molecule has 1 aromatic rings. The number of rotatable bonds is 5. The third kappa shape index (κ3) is 3.56. The molecule has 0 bridgehead atoms. The first-order valence-corrected chi connectivity index (χ1v) is 8.69. The molecule has 0 spiro atoms. The van der Waals surface area contributed by atoms with Gasteiger partial charge in [-0.3, -0.25) is 4.90 Å². The Hall–Kier alpha value is 0.1000. The van der Waals surface area contributed by atoms with Crippen molar-refractivity contribution in [2.24, 2.45) is 0 Å². The van der Waals surface area contributed by atoms with E-state index in [1.807, 2.05) is 11.3 Å². The molecule has 2 heterocycles. The minimum atomic E-state index is 0.750. The van der Waals surface area contributed by atoms with Gasteiger partial charge >= 0.3 is 0 Å². The number of hydrogen-bond acceptors (Lipinski definition) is 3. The molecule has 0 aromatic carbocycles. The molecular weight excluding hydrogens is 308 g/mol. The number of likely N-dealkylation sites (tertiary alicyclic amines) is 1. The van der Waals surface area contributed by atoms with Gasteiger partial charge in [-0.2, -0.15) is 0 Å². The fourth-order valence-electron chi connectivity index (χ4n) is 2.73. The van der Waals surface area contributed by atoms with E-state index >= 15 is 0 Å². The van der Waals surface area contributed by atoms with Gasteiger partial charge in [0.2, 0.25) is 0 Å². The third-order valence-electron chi connectivity index (χ3n) is 3.95. The van der Waals surface area contributed by atoms with Gasteiger partial charge in [0, 0.05) is 39.9 Å². The highest BCUT2D eigenvalue weighted by molar-refractivity contribution is 9.10. The molecule has 18 heavy (non-hydrogen) atoms. The van der Waals surface area contributed by atoms with E-state index in [0.717, 1.165) is 18.6 Å². The zero-order valence-corrected chi connectivity index (χ0v) is 13.1. The molecule has 0 radical (unpaired) electrons. The van der Waals surface area contributed by atoms with Crippen LogP contribution >= 0.6 is 27.3 Å². The number of hydrogen-bond donors (Lipinski definition) is 1. The number of nitrogens with one attached hydrogen (secondary N) is 1. The summed E-state index contributed by atoms with van der Waals surface area (Å²) >= 11 is 5.42. The Morgan fingerprint density at radius 1 is 1.33 bits per heavy atom. The number of piperidine rings is 1. The van der Waals surface area contributed by atoms with E-state index in [1.165, 1.54) is 54.5 Å². The molecule has 100 valence electrons. The van der Waals surface area contributed by atoms with Crippen molar-refractivity contribution < 1.29 is 0 Å². The molecule has 2 fully saturated rings. The van der Waals surface area contributed by atoms with Crippen molar-refractivity contribution in [2.75, 3.05) is 13.1 Å². The standard InChI is InChI=1S/C14H21BrN2S/c15-11-7-14(18-10-11)9-17-6-2-1-3-13(17)8-16-12-4-5-12/h7,10,12-13,16H,1-6,8-9H2. The van der Waals surface area contributed by atoms with Gasteiger partial charge in [-0.1, -0.05) is 6.42 Å². The SMILES string of the molecule is Brc1csc(CN2CCCCC2CNC2CC2)c1. The van der Waals surface area contributed by atoms with Gasteiger partial charge in [-0.05, 0) is 54.2 Å². The fraction of sp³-hybridized carbons (Fsp3) is 0.714. The van der Waals surface area contributed by atoms with Crippen molar-refractivity contribution >= 4 is 27.3 Å². The van der Waals surface area contributed by atoms with Gasteiger partial charge < -0.3 is 5.32 Å². The van der Waals surface area contributed by atoms with Gasteiger partial charge in [-0.15, -0.1) is 11.3 Å². The largest absolute Gasteiger partial charge is 0.312 e. The van der Waals surface area contributed by atoms with Crippen molar-refractivity contribution in [3.05, 3.63) is 20.8 Å². The summed E-state index contributed by atoms with van der Waals surface area (Å²) in [6.45, 7) is 3.59. The van der Waals surface area contributed by atoms with E-state index in [2.05, 4.69) is 37.6 Å². The lowest BCUT2D eigenvalue weighted by molar-refractivity contribution is 0.138. The van der Waals surface area contributed by atoms with E-state index in [4.69, 9.17) is 0 Å². The summed E-state index contributed by atoms with van der Waals surface area (Å²) in [4.78, 5) is 4.16. The predicted molar refractivity (Wildman–Crippen MR) is 81.1 cm³/mol. The minimum Gasteiger partial charge on any atom is -0.312 e. The summed E-state index contributed by atoms with van der Waals surface area (Å²) in [6, 6.07) is 3.86. The average molecular weight is 329 g/mol. The lowest BCUT2D eigenvalue weighted by Gasteiger charge is -2.35. The van der Waals surface area contributed by atoms with Crippen LogP contribution < -0.4 is 5.32 Å². The van der Waals surface area contributed by atoms with Gasteiger partial charge in [0.05, 0.1) is 0 Å². The lowest BCUT2D eigenvalue weighted by atomic mass is 10.0. The molecular formula is C14H21BrN2S. The molecule has 1 saturated carbocycles. The van der Waals surface area contributed by atoms with E-state index < -0.39 is 0 Å². The van der Waals surface area contributed by atoms with Gasteiger partial charge in [-0.25, -0.2) is 0 Å². The summed E-state index contributed by atoms with van der Waals surface area (Å²) in [5, 5.41) is 5.89. The maximum absolute atomic E-state index is 3.70. The molecule has 1 aliphatic carbocycles. The Bertz CT molecular complexity index is 389. The van der Waals surface area contributed by atoms with Crippen LogP contribution in [0.3, 0.4) is 0 Å².